The molecule has 0 heterocycles. The standard InChI is InChI=1S/C22H13Br2Cl2FN2O4/c23-14-6-13(10-28-29-20(30)11-32-19-9-15(25)4-5-18(19)26)21(17(24)8-14)33-22(31)12-2-1-3-16(27)7-12/h1-10H,11H2,(H,29,30)/b28-10-. The van der Waals surface area contributed by atoms with Gasteiger partial charge in [-0.05, 0) is 58.4 Å². The number of nitrogens with zero attached hydrogens (tertiary/aromatic N) is 1. The Balaban J connectivity index is 1.69. The SMILES string of the molecule is O=C(COc1cc(Cl)ccc1Cl)N/N=C\c1cc(Br)cc(Br)c1OC(=O)c1cccc(F)c1. The first-order valence-corrected chi connectivity index (χ1v) is 11.4. The number of hydrogen-bond donors (Lipinski definition) is 1. The van der Waals surface area contributed by atoms with Gasteiger partial charge in [-0.15, -0.1) is 0 Å². The van der Waals surface area contributed by atoms with Gasteiger partial charge in [-0.25, -0.2) is 14.6 Å². The van der Waals surface area contributed by atoms with E-state index in [2.05, 4.69) is 42.4 Å². The van der Waals surface area contributed by atoms with Crippen molar-refractivity contribution in [2.75, 3.05) is 6.61 Å². The third kappa shape index (κ3) is 7.26. The lowest BCUT2D eigenvalue weighted by Crippen LogP contribution is -2.24. The molecule has 0 aromatic heterocycles. The summed E-state index contributed by atoms with van der Waals surface area (Å²) < 4.78 is 25.3. The van der Waals surface area contributed by atoms with Crippen molar-refractivity contribution in [3.8, 4) is 11.5 Å². The number of hydrogen-bond acceptors (Lipinski definition) is 5. The fourth-order valence-corrected chi connectivity index (χ4v) is 4.16. The first-order chi connectivity index (χ1) is 15.7. The lowest BCUT2D eigenvalue weighted by molar-refractivity contribution is -0.123. The van der Waals surface area contributed by atoms with Crippen LogP contribution < -0.4 is 14.9 Å². The van der Waals surface area contributed by atoms with Gasteiger partial charge in [0.2, 0.25) is 0 Å². The molecule has 0 aliphatic heterocycles. The highest BCUT2D eigenvalue weighted by Crippen LogP contribution is 2.33. The van der Waals surface area contributed by atoms with Gasteiger partial charge in [0, 0.05) is 21.1 Å². The average molecular weight is 619 g/mol. The Bertz CT molecular complexity index is 1240. The summed E-state index contributed by atoms with van der Waals surface area (Å²) in [4.78, 5) is 24.5. The lowest BCUT2D eigenvalue weighted by Gasteiger charge is -2.11. The van der Waals surface area contributed by atoms with Crippen LogP contribution >= 0.6 is 55.1 Å². The number of amides is 1. The summed E-state index contributed by atoms with van der Waals surface area (Å²) in [5.41, 5.74) is 2.70. The Morgan fingerprint density at radius 1 is 1.09 bits per heavy atom. The van der Waals surface area contributed by atoms with Crippen LogP contribution in [0.3, 0.4) is 0 Å². The van der Waals surface area contributed by atoms with Crippen LogP contribution in [0.15, 0.2) is 68.6 Å². The third-order valence-corrected chi connectivity index (χ3v) is 5.53. The monoisotopic (exact) mass is 616 g/mol. The Morgan fingerprint density at radius 2 is 1.88 bits per heavy atom. The average Bonchev–Trinajstić information content (AvgIpc) is 2.76. The van der Waals surface area contributed by atoms with Crippen LogP contribution in [0.25, 0.3) is 0 Å². The molecule has 0 unspecified atom stereocenters. The minimum Gasteiger partial charge on any atom is -0.482 e. The van der Waals surface area contributed by atoms with E-state index >= 15 is 0 Å². The zero-order chi connectivity index (χ0) is 24.0. The summed E-state index contributed by atoms with van der Waals surface area (Å²) in [6.07, 6.45) is 1.29. The van der Waals surface area contributed by atoms with Crippen LogP contribution in [0.2, 0.25) is 10.0 Å². The van der Waals surface area contributed by atoms with Crippen molar-refractivity contribution in [3.05, 3.63) is 90.5 Å². The van der Waals surface area contributed by atoms with Crippen LogP contribution in [0.4, 0.5) is 4.39 Å². The fourth-order valence-electron chi connectivity index (χ4n) is 2.49. The van der Waals surface area contributed by atoms with E-state index in [4.69, 9.17) is 32.7 Å². The summed E-state index contributed by atoms with van der Waals surface area (Å²) >= 11 is 18.5. The molecule has 1 amide bonds. The van der Waals surface area contributed by atoms with Gasteiger partial charge in [0.15, 0.2) is 12.4 Å². The third-order valence-electron chi connectivity index (χ3n) is 3.94. The summed E-state index contributed by atoms with van der Waals surface area (Å²) in [5, 5.41) is 4.59. The topological polar surface area (TPSA) is 77.0 Å². The van der Waals surface area contributed by atoms with Crippen LogP contribution in [0.1, 0.15) is 15.9 Å². The predicted octanol–water partition coefficient (Wildman–Crippen LogP) is 6.41. The second kappa shape index (κ2) is 11.6. The maximum absolute atomic E-state index is 13.4. The van der Waals surface area contributed by atoms with E-state index in [9.17, 15) is 14.0 Å². The number of rotatable bonds is 7. The molecule has 0 fully saturated rings. The molecule has 0 saturated heterocycles. The predicted molar refractivity (Wildman–Crippen MR) is 131 cm³/mol. The van der Waals surface area contributed by atoms with Crippen molar-refractivity contribution in [2.24, 2.45) is 5.10 Å². The molecule has 0 radical (unpaired) electrons. The van der Waals surface area contributed by atoms with Crippen molar-refractivity contribution in [1.82, 2.24) is 5.43 Å². The second-order valence-corrected chi connectivity index (χ2v) is 8.98. The smallest absolute Gasteiger partial charge is 0.343 e. The number of halogens is 5. The van der Waals surface area contributed by atoms with E-state index in [1.54, 1.807) is 24.3 Å². The molecule has 33 heavy (non-hydrogen) atoms. The first kappa shape index (κ1) is 25.2. The Kier molecular flexibility index (Phi) is 8.85. The van der Waals surface area contributed by atoms with Crippen molar-refractivity contribution in [1.29, 1.82) is 0 Å². The fraction of sp³-hybridized carbons (Fsp3) is 0.0455. The Hall–Kier alpha value is -2.46. The molecule has 3 aromatic rings. The molecule has 11 heteroatoms. The van der Waals surface area contributed by atoms with Gasteiger partial charge < -0.3 is 9.47 Å². The molecule has 3 aromatic carbocycles. The largest absolute Gasteiger partial charge is 0.482 e. The molecule has 6 nitrogen and oxygen atoms in total. The number of carbonyl (C=O) groups is 2. The number of hydrazone groups is 1. The molecule has 0 atom stereocenters. The summed E-state index contributed by atoms with van der Waals surface area (Å²) in [5.74, 6) is -1.50. The van der Waals surface area contributed by atoms with Crippen molar-refractivity contribution < 1.29 is 23.5 Å². The highest BCUT2D eigenvalue weighted by molar-refractivity contribution is 9.11. The van der Waals surface area contributed by atoms with E-state index in [0.29, 0.717) is 24.6 Å². The maximum Gasteiger partial charge on any atom is 0.343 e. The Morgan fingerprint density at radius 3 is 2.64 bits per heavy atom. The zero-order valence-electron chi connectivity index (χ0n) is 16.5. The van der Waals surface area contributed by atoms with Gasteiger partial charge in [-0.3, -0.25) is 4.79 Å². The van der Waals surface area contributed by atoms with Crippen molar-refractivity contribution >= 4 is 73.2 Å². The minimum absolute atomic E-state index is 0.0397. The van der Waals surface area contributed by atoms with Gasteiger partial charge in [0.05, 0.1) is 21.3 Å². The van der Waals surface area contributed by atoms with E-state index in [1.165, 1.54) is 30.5 Å². The lowest BCUT2D eigenvalue weighted by atomic mass is 10.2. The highest BCUT2D eigenvalue weighted by Gasteiger charge is 2.16. The van der Waals surface area contributed by atoms with E-state index < -0.39 is 17.7 Å². The highest BCUT2D eigenvalue weighted by atomic mass is 79.9. The molecular formula is C22H13Br2Cl2FN2O4. The van der Waals surface area contributed by atoms with Gasteiger partial charge in [0.1, 0.15) is 11.6 Å². The number of esters is 1. The molecule has 0 aliphatic carbocycles. The normalized spacial score (nSPS) is 10.8. The number of benzene rings is 3. The maximum atomic E-state index is 13.4. The summed E-state index contributed by atoms with van der Waals surface area (Å²) in [6, 6.07) is 13.0. The van der Waals surface area contributed by atoms with Crippen LogP contribution in [0.5, 0.6) is 11.5 Å². The molecule has 0 spiro atoms. The van der Waals surface area contributed by atoms with Crippen molar-refractivity contribution in [3.63, 3.8) is 0 Å². The summed E-state index contributed by atoms with van der Waals surface area (Å²) in [7, 11) is 0. The number of carbonyl (C=O) groups excluding carboxylic acids is 2. The van der Waals surface area contributed by atoms with E-state index in [1.807, 2.05) is 0 Å². The quantitative estimate of drug-likeness (QED) is 0.144. The zero-order valence-corrected chi connectivity index (χ0v) is 21.1. The van der Waals surface area contributed by atoms with E-state index in [0.717, 1.165) is 6.07 Å². The molecule has 1 N–H and O–H groups in total. The molecule has 170 valence electrons. The first-order valence-electron chi connectivity index (χ1n) is 9.09. The minimum atomic E-state index is -0.761. The Labute approximate surface area is 214 Å². The molecule has 0 aliphatic rings. The molecule has 3 rings (SSSR count). The van der Waals surface area contributed by atoms with Gasteiger partial charge >= 0.3 is 5.97 Å². The second-order valence-electron chi connectivity index (χ2n) is 6.36. The van der Waals surface area contributed by atoms with Gasteiger partial charge in [-0.1, -0.05) is 45.2 Å². The van der Waals surface area contributed by atoms with Gasteiger partial charge in [0.25, 0.3) is 5.91 Å². The summed E-state index contributed by atoms with van der Waals surface area (Å²) in [6.45, 7) is -0.360. The van der Waals surface area contributed by atoms with Crippen LogP contribution in [-0.2, 0) is 4.79 Å². The molecular weight excluding hydrogens is 606 g/mol. The molecule has 0 saturated carbocycles. The number of ether oxygens (including phenoxy) is 2. The van der Waals surface area contributed by atoms with Crippen LogP contribution in [-0.4, -0.2) is 24.7 Å². The van der Waals surface area contributed by atoms with E-state index in [-0.39, 0.29) is 23.7 Å². The molecule has 0 bridgehead atoms. The van der Waals surface area contributed by atoms with Crippen LogP contribution in [0, 0.1) is 5.82 Å². The van der Waals surface area contributed by atoms with Gasteiger partial charge in [-0.2, -0.15) is 5.10 Å². The number of nitrogens with one attached hydrogen (secondary N) is 1. The van der Waals surface area contributed by atoms with Crippen molar-refractivity contribution in [2.45, 2.75) is 0 Å².